The molecule has 2 heterocycles. The van der Waals surface area contributed by atoms with E-state index in [9.17, 15) is 4.79 Å². The summed E-state index contributed by atoms with van der Waals surface area (Å²) in [4.78, 5) is 16.8. The van der Waals surface area contributed by atoms with Gasteiger partial charge in [0.05, 0.1) is 5.69 Å². The van der Waals surface area contributed by atoms with Crippen molar-refractivity contribution in [3.63, 3.8) is 0 Å². The second-order valence-electron chi connectivity index (χ2n) is 5.72. The summed E-state index contributed by atoms with van der Waals surface area (Å²) in [5.74, 6) is 0. The third-order valence-corrected chi connectivity index (χ3v) is 3.48. The Labute approximate surface area is 102 Å². The highest BCUT2D eigenvalue weighted by Gasteiger charge is 2.24. The predicted octanol–water partition coefficient (Wildman–Crippen LogP) is 1.16. The summed E-state index contributed by atoms with van der Waals surface area (Å²) in [5.41, 5.74) is 8.24. The van der Waals surface area contributed by atoms with Crippen molar-refractivity contribution in [1.29, 1.82) is 0 Å². The summed E-state index contributed by atoms with van der Waals surface area (Å²) in [6, 6.07) is 1.83. The number of fused-ring (bicyclic) bond motifs is 1. The highest BCUT2D eigenvalue weighted by molar-refractivity contribution is 5.40. The first kappa shape index (κ1) is 12.2. The zero-order chi connectivity index (χ0) is 12.6. The fraction of sp³-hybridized carbons (Fsp3) is 0.615. The average molecular weight is 235 g/mol. The summed E-state index contributed by atoms with van der Waals surface area (Å²) in [6.07, 6.45) is 1.84. The van der Waals surface area contributed by atoms with E-state index in [4.69, 9.17) is 5.73 Å². The molecule has 17 heavy (non-hydrogen) atoms. The number of nitrogen functional groups attached to an aromatic ring is 1. The van der Waals surface area contributed by atoms with Crippen LogP contribution in [0.1, 0.15) is 32.0 Å². The minimum atomic E-state index is -0.159. The Hall–Kier alpha value is -1.29. The molecule has 0 amide bonds. The molecule has 0 aromatic carbocycles. The Morgan fingerprint density at radius 3 is 2.59 bits per heavy atom. The first-order valence-corrected chi connectivity index (χ1v) is 6.13. The molecule has 1 aliphatic rings. The van der Waals surface area contributed by atoms with Crippen LogP contribution in [-0.4, -0.2) is 28.5 Å². The molecule has 0 saturated carbocycles. The Balaban J connectivity index is 2.27. The van der Waals surface area contributed by atoms with Crippen LogP contribution >= 0.6 is 0 Å². The molecule has 1 aromatic heterocycles. The maximum absolute atomic E-state index is 11.5. The third-order valence-electron chi connectivity index (χ3n) is 3.48. The van der Waals surface area contributed by atoms with Gasteiger partial charge in [0.1, 0.15) is 0 Å². The van der Waals surface area contributed by atoms with Gasteiger partial charge in [-0.3, -0.25) is 9.69 Å². The molecule has 0 spiro atoms. The fourth-order valence-corrected chi connectivity index (χ4v) is 2.36. The number of nitrogens with two attached hydrogens (primary N) is 1. The van der Waals surface area contributed by atoms with E-state index < -0.39 is 0 Å². The number of aromatic nitrogens is 1. The van der Waals surface area contributed by atoms with Crippen LogP contribution in [-0.2, 0) is 12.8 Å². The van der Waals surface area contributed by atoms with Gasteiger partial charge in [-0.2, -0.15) is 0 Å². The van der Waals surface area contributed by atoms with E-state index in [1.165, 1.54) is 5.56 Å². The number of aromatic amines is 1. The zero-order valence-electron chi connectivity index (χ0n) is 10.8. The molecule has 0 saturated heterocycles. The topological polar surface area (TPSA) is 62.1 Å². The Morgan fingerprint density at radius 2 is 1.94 bits per heavy atom. The molecule has 0 atom stereocenters. The van der Waals surface area contributed by atoms with Crippen LogP contribution in [0.15, 0.2) is 10.9 Å². The van der Waals surface area contributed by atoms with Crippen molar-refractivity contribution in [2.24, 2.45) is 0 Å². The lowest BCUT2D eigenvalue weighted by Gasteiger charge is -2.34. The number of H-pyrrole nitrogens is 1. The van der Waals surface area contributed by atoms with Gasteiger partial charge in [-0.25, -0.2) is 0 Å². The van der Waals surface area contributed by atoms with Crippen LogP contribution in [0.2, 0.25) is 0 Å². The van der Waals surface area contributed by atoms with E-state index >= 15 is 0 Å². The number of hydrogen-bond donors (Lipinski definition) is 2. The largest absolute Gasteiger partial charge is 0.394 e. The molecule has 0 fully saturated rings. The highest BCUT2D eigenvalue weighted by atomic mass is 16.1. The second kappa shape index (κ2) is 4.18. The Bertz CT molecular complexity index is 471. The first-order valence-electron chi connectivity index (χ1n) is 6.13. The van der Waals surface area contributed by atoms with Crippen LogP contribution in [0.25, 0.3) is 0 Å². The van der Waals surface area contributed by atoms with Crippen LogP contribution in [0, 0.1) is 0 Å². The van der Waals surface area contributed by atoms with E-state index in [2.05, 4.69) is 30.7 Å². The molecule has 0 bridgehead atoms. The molecule has 4 nitrogen and oxygen atoms in total. The minimum absolute atomic E-state index is 0.159. The van der Waals surface area contributed by atoms with Gasteiger partial charge in [0.25, 0.3) is 5.56 Å². The summed E-state index contributed by atoms with van der Waals surface area (Å²) in [6.45, 7) is 8.67. The van der Waals surface area contributed by atoms with Crippen molar-refractivity contribution in [1.82, 2.24) is 9.88 Å². The second-order valence-corrected chi connectivity index (χ2v) is 5.72. The zero-order valence-corrected chi connectivity index (χ0v) is 10.8. The van der Waals surface area contributed by atoms with Crippen molar-refractivity contribution in [2.75, 3.05) is 18.8 Å². The minimum Gasteiger partial charge on any atom is -0.394 e. The van der Waals surface area contributed by atoms with Crippen molar-refractivity contribution in [3.05, 3.63) is 27.7 Å². The lowest BCUT2D eigenvalue weighted by atomic mass is 10.1. The van der Waals surface area contributed by atoms with Crippen LogP contribution in [0.5, 0.6) is 0 Å². The number of anilines is 1. The smallest absolute Gasteiger partial charge is 0.271 e. The maximum atomic E-state index is 11.5. The Kier molecular flexibility index (Phi) is 3.00. The van der Waals surface area contributed by atoms with Gasteiger partial charge in [-0.05, 0) is 38.8 Å². The number of rotatable bonds is 0. The normalized spacial score (nSPS) is 17.6. The molecule has 0 unspecified atom stereocenters. The molecule has 94 valence electrons. The fourth-order valence-electron chi connectivity index (χ4n) is 2.36. The lowest BCUT2D eigenvalue weighted by molar-refractivity contribution is 0.144. The molecule has 1 aliphatic heterocycles. The van der Waals surface area contributed by atoms with Gasteiger partial charge >= 0.3 is 0 Å². The lowest BCUT2D eigenvalue weighted by Crippen LogP contribution is -2.42. The van der Waals surface area contributed by atoms with Gasteiger partial charge < -0.3 is 10.7 Å². The quantitative estimate of drug-likeness (QED) is 0.709. The summed E-state index contributed by atoms with van der Waals surface area (Å²) >= 11 is 0. The van der Waals surface area contributed by atoms with Gasteiger partial charge in [-0.15, -0.1) is 0 Å². The molecular formula is C13H21N3O. The Morgan fingerprint density at radius 1 is 1.29 bits per heavy atom. The van der Waals surface area contributed by atoms with E-state index in [-0.39, 0.29) is 11.1 Å². The van der Waals surface area contributed by atoms with Gasteiger partial charge in [0.2, 0.25) is 0 Å². The number of hydrogen-bond acceptors (Lipinski definition) is 3. The third kappa shape index (κ3) is 2.52. The van der Waals surface area contributed by atoms with Crippen LogP contribution in [0.4, 0.5) is 5.69 Å². The molecule has 4 heteroatoms. The maximum Gasteiger partial charge on any atom is 0.271 e. The molecule has 2 rings (SSSR count). The van der Waals surface area contributed by atoms with Gasteiger partial charge in [0.15, 0.2) is 0 Å². The number of nitrogens with zero attached hydrogens (tertiary/aromatic N) is 1. The molecule has 0 aliphatic carbocycles. The highest BCUT2D eigenvalue weighted by Crippen LogP contribution is 2.20. The number of nitrogens with one attached hydrogen (secondary N) is 1. The van der Waals surface area contributed by atoms with E-state index in [0.29, 0.717) is 5.69 Å². The van der Waals surface area contributed by atoms with Gasteiger partial charge in [-0.1, -0.05) is 0 Å². The monoisotopic (exact) mass is 235 g/mol. The van der Waals surface area contributed by atoms with E-state index in [1.54, 1.807) is 0 Å². The first-order chi connectivity index (χ1) is 7.88. The molecule has 3 N–H and O–H groups in total. The molecule has 0 radical (unpaired) electrons. The van der Waals surface area contributed by atoms with Crippen molar-refractivity contribution in [3.8, 4) is 0 Å². The number of pyridine rings is 1. The van der Waals surface area contributed by atoms with Crippen molar-refractivity contribution in [2.45, 2.75) is 39.2 Å². The summed E-state index contributed by atoms with van der Waals surface area (Å²) in [7, 11) is 0. The van der Waals surface area contributed by atoms with Crippen LogP contribution < -0.4 is 11.3 Å². The molecular weight excluding hydrogens is 214 g/mol. The predicted molar refractivity (Wildman–Crippen MR) is 70.2 cm³/mol. The standard InChI is InChI=1S/C13H21N3O/c1-13(2,3)16-6-4-9-8-10(14)12(17)15-11(9)5-7-16/h8H,4-7,14H2,1-3H3,(H,15,17). The van der Waals surface area contributed by atoms with Crippen LogP contribution in [0.3, 0.4) is 0 Å². The molecule has 1 aromatic rings. The van der Waals surface area contributed by atoms with E-state index in [0.717, 1.165) is 31.6 Å². The van der Waals surface area contributed by atoms with Gasteiger partial charge in [0, 0.05) is 30.7 Å². The summed E-state index contributed by atoms with van der Waals surface area (Å²) < 4.78 is 0. The van der Waals surface area contributed by atoms with E-state index in [1.807, 2.05) is 6.07 Å². The van der Waals surface area contributed by atoms with Crippen molar-refractivity contribution >= 4 is 5.69 Å². The SMILES string of the molecule is CC(C)(C)N1CCc2cc(N)c(=O)[nH]c2CC1. The van der Waals surface area contributed by atoms with Crippen molar-refractivity contribution < 1.29 is 0 Å². The summed E-state index contributed by atoms with van der Waals surface area (Å²) in [5, 5.41) is 0. The average Bonchev–Trinajstić information content (AvgIpc) is 2.40.